The number of aryl methyl sites for hydroxylation is 2. The quantitative estimate of drug-likeness (QED) is 0.111. The Bertz CT molecular complexity index is 1870. The molecule has 0 heterocycles. The molecule has 0 saturated heterocycles. The zero-order valence-corrected chi connectivity index (χ0v) is 36.0. The third-order valence-electron chi connectivity index (χ3n) is 12.1. The number of rotatable bonds is 11. The van der Waals surface area contributed by atoms with Crippen LogP contribution in [-0.2, 0) is 15.6 Å². The minimum Gasteiger partial charge on any atom is -0.376 e. The molecule has 0 fully saturated rings. The van der Waals surface area contributed by atoms with Gasteiger partial charge < -0.3 is 4.74 Å². The van der Waals surface area contributed by atoms with Gasteiger partial charge in [0.05, 0.1) is 13.7 Å². The van der Waals surface area contributed by atoms with Gasteiger partial charge >= 0.3 is 0 Å². The van der Waals surface area contributed by atoms with Crippen molar-refractivity contribution in [3.63, 3.8) is 0 Å². The Morgan fingerprint density at radius 1 is 0.547 bits per heavy atom. The van der Waals surface area contributed by atoms with Gasteiger partial charge in [0.1, 0.15) is 0 Å². The van der Waals surface area contributed by atoms with Gasteiger partial charge in [-0.1, -0.05) is 170 Å². The Labute approximate surface area is 324 Å². The lowest BCUT2D eigenvalue weighted by Gasteiger charge is -2.44. The zero-order chi connectivity index (χ0) is 38.3. The van der Waals surface area contributed by atoms with E-state index in [2.05, 4.69) is 180 Å². The molecule has 1 nitrogen and oxygen atoms in total. The number of ether oxygens (including phenoxy) is 1. The van der Waals surface area contributed by atoms with Crippen LogP contribution in [0.4, 0.5) is 0 Å². The number of unbranched alkanes of at least 4 members (excludes halogenated alkanes) is 3. The lowest BCUT2D eigenvalue weighted by atomic mass is 9.84. The highest BCUT2D eigenvalue weighted by atomic mass is 28.3. The SMILES string of the molecule is Cc1cc(C(C)(C)C)ccc1C1=Cc2ccccc2C1[Si](C)(CCCCCCOC(C)(C)C)C1C(c2ccc(C(C)(C)C)cc2C)=Cc2ccccc21. The highest BCUT2D eigenvalue weighted by Crippen LogP contribution is 2.59. The van der Waals surface area contributed by atoms with Crippen LogP contribution in [0.15, 0.2) is 84.9 Å². The fourth-order valence-electron chi connectivity index (χ4n) is 9.24. The Morgan fingerprint density at radius 2 is 0.981 bits per heavy atom. The van der Waals surface area contributed by atoms with Crippen LogP contribution in [0, 0.1) is 13.8 Å². The van der Waals surface area contributed by atoms with Crippen molar-refractivity contribution >= 4 is 31.4 Å². The average molecular weight is 723 g/mol. The molecule has 4 aromatic carbocycles. The first-order chi connectivity index (χ1) is 24.9. The van der Waals surface area contributed by atoms with E-state index >= 15 is 0 Å². The van der Waals surface area contributed by atoms with Crippen molar-refractivity contribution in [3.05, 3.63) is 141 Å². The van der Waals surface area contributed by atoms with Gasteiger partial charge in [-0.05, 0) is 119 Å². The molecule has 0 aromatic heterocycles. The summed E-state index contributed by atoms with van der Waals surface area (Å²) in [4.78, 5) is 0. The van der Waals surface area contributed by atoms with Gasteiger partial charge in [0.2, 0.25) is 0 Å². The zero-order valence-electron chi connectivity index (χ0n) is 35.0. The van der Waals surface area contributed by atoms with E-state index < -0.39 is 8.07 Å². The summed E-state index contributed by atoms with van der Waals surface area (Å²) < 4.78 is 6.12. The molecule has 4 aromatic rings. The molecule has 0 bridgehead atoms. The van der Waals surface area contributed by atoms with Crippen molar-refractivity contribution in [2.24, 2.45) is 0 Å². The molecular formula is C51H66OSi. The molecule has 0 radical (unpaired) electrons. The number of allylic oxidation sites excluding steroid dienone is 2. The fourth-order valence-corrected chi connectivity index (χ4v) is 15.0. The van der Waals surface area contributed by atoms with Crippen LogP contribution in [0.2, 0.25) is 12.6 Å². The largest absolute Gasteiger partial charge is 0.376 e. The van der Waals surface area contributed by atoms with Crippen LogP contribution < -0.4 is 0 Å². The second-order valence-corrected chi connectivity index (χ2v) is 24.2. The van der Waals surface area contributed by atoms with Gasteiger partial charge in [0.25, 0.3) is 0 Å². The van der Waals surface area contributed by atoms with Gasteiger partial charge in [0, 0.05) is 17.7 Å². The first kappa shape index (κ1) is 39.2. The van der Waals surface area contributed by atoms with Crippen LogP contribution >= 0.6 is 0 Å². The number of hydrogen-bond donors (Lipinski definition) is 0. The minimum atomic E-state index is -2.29. The van der Waals surface area contributed by atoms with E-state index in [1.165, 1.54) is 80.9 Å². The van der Waals surface area contributed by atoms with Gasteiger partial charge in [-0.15, -0.1) is 0 Å². The maximum absolute atomic E-state index is 6.12. The maximum atomic E-state index is 6.12. The highest BCUT2D eigenvalue weighted by molar-refractivity contribution is 6.85. The van der Waals surface area contributed by atoms with Crippen molar-refractivity contribution in [2.45, 2.75) is 142 Å². The topological polar surface area (TPSA) is 9.23 Å². The minimum absolute atomic E-state index is 0.0743. The maximum Gasteiger partial charge on any atom is 0.0761 e. The molecule has 2 unspecified atom stereocenters. The Morgan fingerprint density at radius 3 is 1.40 bits per heavy atom. The molecule has 6 rings (SSSR count). The number of fused-ring (bicyclic) bond motifs is 2. The van der Waals surface area contributed by atoms with Crippen LogP contribution in [-0.4, -0.2) is 20.3 Å². The normalized spacial score (nSPS) is 18.3. The molecule has 53 heavy (non-hydrogen) atoms. The first-order valence-corrected chi connectivity index (χ1v) is 23.2. The van der Waals surface area contributed by atoms with Crippen molar-refractivity contribution in [2.75, 3.05) is 6.61 Å². The van der Waals surface area contributed by atoms with E-state index in [9.17, 15) is 0 Å². The van der Waals surface area contributed by atoms with Crippen LogP contribution in [0.1, 0.15) is 155 Å². The molecule has 2 heteroatoms. The molecule has 2 aliphatic rings. The smallest absolute Gasteiger partial charge is 0.0761 e. The summed E-state index contributed by atoms with van der Waals surface area (Å²) in [7, 11) is -2.29. The van der Waals surface area contributed by atoms with E-state index in [4.69, 9.17) is 4.74 Å². The average Bonchev–Trinajstić information content (AvgIpc) is 3.66. The summed E-state index contributed by atoms with van der Waals surface area (Å²) in [5.74, 6) is 0. The third kappa shape index (κ3) is 8.30. The van der Waals surface area contributed by atoms with Crippen molar-refractivity contribution in [1.82, 2.24) is 0 Å². The molecule has 2 atom stereocenters. The summed E-state index contributed by atoms with van der Waals surface area (Å²) in [6, 6.07) is 34.6. The Kier molecular flexibility index (Phi) is 11.1. The Hall–Kier alpha value is -3.46. The van der Waals surface area contributed by atoms with Gasteiger partial charge in [-0.2, -0.15) is 0 Å². The molecule has 0 amide bonds. The van der Waals surface area contributed by atoms with Crippen molar-refractivity contribution in [1.29, 1.82) is 0 Å². The van der Waals surface area contributed by atoms with Crippen LogP contribution in [0.25, 0.3) is 23.3 Å². The van der Waals surface area contributed by atoms with Gasteiger partial charge in [-0.25, -0.2) is 0 Å². The first-order valence-electron chi connectivity index (χ1n) is 20.4. The summed E-state index contributed by atoms with van der Waals surface area (Å²) in [5, 5.41) is 0. The molecule has 280 valence electrons. The monoisotopic (exact) mass is 722 g/mol. The van der Waals surface area contributed by atoms with Crippen LogP contribution in [0.3, 0.4) is 0 Å². The van der Waals surface area contributed by atoms with Crippen molar-refractivity contribution in [3.8, 4) is 0 Å². The fraction of sp³-hybridized carbons (Fsp3) is 0.451. The predicted octanol–water partition coefficient (Wildman–Crippen LogP) is 14.4. The van der Waals surface area contributed by atoms with Crippen molar-refractivity contribution < 1.29 is 4.74 Å². The number of hydrogen-bond acceptors (Lipinski definition) is 1. The second kappa shape index (κ2) is 15.0. The van der Waals surface area contributed by atoms with Crippen LogP contribution in [0.5, 0.6) is 0 Å². The van der Waals surface area contributed by atoms with E-state index in [0.29, 0.717) is 11.1 Å². The molecule has 0 N–H and O–H groups in total. The van der Waals surface area contributed by atoms with E-state index in [1.807, 2.05) is 0 Å². The second-order valence-electron chi connectivity index (χ2n) is 19.5. The lowest BCUT2D eigenvalue weighted by molar-refractivity contribution is -0.00471. The molecule has 0 spiro atoms. The highest BCUT2D eigenvalue weighted by Gasteiger charge is 2.51. The molecule has 2 aliphatic carbocycles. The number of benzene rings is 4. The summed E-state index contributed by atoms with van der Waals surface area (Å²) in [6.45, 7) is 28.8. The summed E-state index contributed by atoms with van der Waals surface area (Å²) in [6.07, 6.45) is 9.98. The standard InChI is InChI=1S/C51H66OSi/c1-35-31-39(49(3,4)5)25-27-41(35)45-33-37-21-15-17-23-43(37)47(45)53(12,30-20-14-13-19-29-52-51(9,10)11)48-44-24-18-16-22-38(44)34-46(48)42-28-26-40(32-36(42)2)50(6,7)8/h15-18,21-28,31-34,47-48H,13-14,19-20,29-30H2,1-12H3. The molecule has 0 saturated carbocycles. The van der Waals surface area contributed by atoms with E-state index in [1.54, 1.807) is 11.1 Å². The summed E-state index contributed by atoms with van der Waals surface area (Å²) >= 11 is 0. The van der Waals surface area contributed by atoms with E-state index in [-0.39, 0.29) is 16.4 Å². The van der Waals surface area contributed by atoms with E-state index in [0.717, 1.165) is 13.0 Å². The van der Waals surface area contributed by atoms with Gasteiger partial charge in [0.15, 0.2) is 0 Å². The molecule has 0 aliphatic heterocycles. The van der Waals surface area contributed by atoms with Gasteiger partial charge in [-0.3, -0.25) is 0 Å². The molecular weight excluding hydrogens is 657 g/mol. The Balaban J connectivity index is 1.49. The lowest BCUT2D eigenvalue weighted by Crippen LogP contribution is -2.45. The predicted molar refractivity (Wildman–Crippen MR) is 234 cm³/mol. The summed E-state index contributed by atoms with van der Waals surface area (Å²) in [5.41, 5.74) is 18.4. The third-order valence-corrected chi connectivity index (χ3v) is 17.4.